The van der Waals surface area contributed by atoms with Crippen LogP contribution < -0.4 is 5.32 Å². The molecule has 0 unspecified atom stereocenters. The molecule has 5 heteroatoms. The van der Waals surface area contributed by atoms with Crippen LogP contribution >= 0.6 is 11.3 Å². The highest BCUT2D eigenvalue weighted by molar-refractivity contribution is 7.11. The highest BCUT2D eigenvalue weighted by Gasteiger charge is 2.08. The van der Waals surface area contributed by atoms with Crippen LogP contribution in [0.4, 0.5) is 10.1 Å². The van der Waals surface area contributed by atoms with Crippen molar-refractivity contribution in [2.45, 2.75) is 0 Å². The Hall–Kier alpha value is -2.97. The first-order valence-electron chi connectivity index (χ1n) is 6.90. The summed E-state index contributed by atoms with van der Waals surface area (Å²) in [6.45, 7) is 0. The maximum Gasteiger partial charge on any atom is 0.136 e. The summed E-state index contributed by atoms with van der Waals surface area (Å²) in [5.41, 5.74) is 2.99. The highest BCUT2D eigenvalue weighted by Crippen LogP contribution is 2.25. The molecule has 3 rings (SSSR count). The molecule has 0 amide bonds. The predicted molar refractivity (Wildman–Crippen MR) is 91.2 cm³/mol. The van der Waals surface area contributed by atoms with Crippen molar-refractivity contribution >= 4 is 22.6 Å². The highest BCUT2D eigenvalue weighted by atomic mass is 32.1. The molecule has 112 valence electrons. The number of thiazole rings is 1. The van der Waals surface area contributed by atoms with Gasteiger partial charge in [0, 0.05) is 22.8 Å². The van der Waals surface area contributed by atoms with E-state index in [0.717, 1.165) is 11.3 Å². The molecule has 0 aliphatic carbocycles. The number of nitrogens with one attached hydrogen (secondary N) is 1. The fourth-order valence-corrected chi connectivity index (χ4v) is 2.78. The Kier molecular flexibility index (Phi) is 4.46. The van der Waals surface area contributed by atoms with Crippen LogP contribution in [0.5, 0.6) is 0 Å². The quantitative estimate of drug-likeness (QED) is 0.693. The van der Waals surface area contributed by atoms with Gasteiger partial charge in [-0.15, -0.1) is 11.3 Å². The van der Waals surface area contributed by atoms with Crippen molar-refractivity contribution in [3.63, 3.8) is 0 Å². The average Bonchev–Trinajstić information content (AvgIpc) is 3.08. The van der Waals surface area contributed by atoms with Crippen LogP contribution in [0.1, 0.15) is 5.01 Å². The van der Waals surface area contributed by atoms with Gasteiger partial charge in [-0.25, -0.2) is 9.37 Å². The van der Waals surface area contributed by atoms with E-state index in [9.17, 15) is 9.65 Å². The van der Waals surface area contributed by atoms with Gasteiger partial charge in [-0.1, -0.05) is 30.3 Å². The van der Waals surface area contributed by atoms with Crippen molar-refractivity contribution in [2.24, 2.45) is 0 Å². The Labute approximate surface area is 137 Å². The SMILES string of the molecule is N#C/C(=C/Nc1ccc(F)cc1)c1nc(-c2ccccc2)cs1. The van der Waals surface area contributed by atoms with Crippen molar-refractivity contribution < 1.29 is 4.39 Å². The zero-order valence-corrected chi connectivity index (χ0v) is 12.8. The van der Waals surface area contributed by atoms with Gasteiger partial charge in [0.25, 0.3) is 0 Å². The largest absolute Gasteiger partial charge is 0.360 e. The summed E-state index contributed by atoms with van der Waals surface area (Å²) < 4.78 is 12.9. The first-order valence-corrected chi connectivity index (χ1v) is 7.78. The number of halogens is 1. The van der Waals surface area contributed by atoms with Crippen molar-refractivity contribution in [3.05, 3.63) is 77.0 Å². The number of aromatic nitrogens is 1. The van der Waals surface area contributed by atoms with E-state index in [1.807, 2.05) is 35.7 Å². The summed E-state index contributed by atoms with van der Waals surface area (Å²) in [4.78, 5) is 4.51. The smallest absolute Gasteiger partial charge is 0.136 e. The van der Waals surface area contributed by atoms with Gasteiger partial charge in [0.15, 0.2) is 0 Å². The van der Waals surface area contributed by atoms with E-state index < -0.39 is 0 Å². The van der Waals surface area contributed by atoms with Crippen LogP contribution in [-0.2, 0) is 0 Å². The zero-order valence-electron chi connectivity index (χ0n) is 12.0. The standard InChI is InChI=1S/C18H12FN3S/c19-15-6-8-16(9-7-15)21-11-14(10-20)18-22-17(12-23-18)13-4-2-1-3-5-13/h1-9,11-12,21H/b14-11-. The molecule has 0 aliphatic heterocycles. The zero-order chi connectivity index (χ0) is 16.1. The Morgan fingerprint density at radius 2 is 1.87 bits per heavy atom. The van der Waals surface area contributed by atoms with E-state index >= 15 is 0 Å². The molecule has 0 aliphatic rings. The maximum absolute atomic E-state index is 12.9. The van der Waals surface area contributed by atoms with E-state index in [1.54, 1.807) is 18.3 Å². The Morgan fingerprint density at radius 1 is 1.13 bits per heavy atom. The van der Waals surface area contributed by atoms with E-state index in [0.29, 0.717) is 16.3 Å². The molecule has 0 atom stereocenters. The molecular weight excluding hydrogens is 309 g/mol. The second-order valence-electron chi connectivity index (χ2n) is 4.72. The maximum atomic E-state index is 12.9. The number of allylic oxidation sites excluding steroid dienone is 1. The molecule has 0 radical (unpaired) electrons. The topological polar surface area (TPSA) is 48.7 Å². The molecular formula is C18H12FN3S. The van der Waals surface area contributed by atoms with Crippen molar-refractivity contribution in [1.29, 1.82) is 5.26 Å². The summed E-state index contributed by atoms with van der Waals surface area (Å²) in [5, 5.41) is 14.9. The van der Waals surface area contributed by atoms with Gasteiger partial charge in [-0.05, 0) is 24.3 Å². The fourth-order valence-electron chi connectivity index (χ4n) is 1.98. The van der Waals surface area contributed by atoms with Crippen molar-refractivity contribution in [2.75, 3.05) is 5.32 Å². The predicted octanol–water partition coefficient (Wildman–Crippen LogP) is 4.93. The van der Waals surface area contributed by atoms with Gasteiger partial charge in [0.2, 0.25) is 0 Å². The van der Waals surface area contributed by atoms with Gasteiger partial charge in [-0.2, -0.15) is 5.26 Å². The minimum absolute atomic E-state index is 0.299. The Bertz CT molecular complexity index is 861. The molecule has 3 nitrogen and oxygen atoms in total. The molecule has 2 aromatic carbocycles. The number of nitriles is 1. The normalized spacial score (nSPS) is 11.0. The molecule has 0 saturated carbocycles. The van der Waals surface area contributed by atoms with Gasteiger partial charge < -0.3 is 5.32 Å². The summed E-state index contributed by atoms with van der Waals surface area (Å²) in [7, 11) is 0. The van der Waals surface area contributed by atoms with Crippen LogP contribution in [0, 0.1) is 17.1 Å². The van der Waals surface area contributed by atoms with Crippen LogP contribution in [0.3, 0.4) is 0 Å². The van der Waals surface area contributed by atoms with Gasteiger partial charge in [0.1, 0.15) is 22.5 Å². The molecule has 0 bridgehead atoms. The van der Waals surface area contributed by atoms with Crippen LogP contribution in [0.25, 0.3) is 16.8 Å². The fraction of sp³-hybridized carbons (Fsp3) is 0. The lowest BCUT2D eigenvalue weighted by Gasteiger charge is -2.01. The number of hydrogen-bond donors (Lipinski definition) is 1. The Balaban J connectivity index is 1.81. The number of benzene rings is 2. The number of anilines is 1. The molecule has 23 heavy (non-hydrogen) atoms. The molecule has 1 heterocycles. The summed E-state index contributed by atoms with van der Waals surface area (Å²) in [6, 6.07) is 17.9. The lowest BCUT2D eigenvalue weighted by Crippen LogP contribution is -1.91. The third-order valence-corrected chi connectivity index (χ3v) is 4.03. The first kappa shape index (κ1) is 14.9. The third-order valence-electron chi connectivity index (χ3n) is 3.15. The van der Waals surface area contributed by atoms with Crippen LogP contribution in [0.15, 0.2) is 66.2 Å². The lowest BCUT2D eigenvalue weighted by atomic mass is 10.2. The minimum atomic E-state index is -0.299. The van der Waals surface area contributed by atoms with Crippen LogP contribution in [0.2, 0.25) is 0 Å². The average molecular weight is 321 g/mol. The summed E-state index contributed by atoms with van der Waals surface area (Å²) >= 11 is 1.41. The number of hydrogen-bond acceptors (Lipinski definition) is 4. The second-order valence-corrected chi connectivity index (χ2v) is 5.58. The molecule has 1 aromatic heterocycles. The second kappa shape index (κ2) is 6.86. The summed E-state index contributed by atoms with van der Waals surface area (Å²) in [5.74, 6) is -0.299. The number of nitrogens with zero attached hydrogens (tertiary/aromatic N) is 2. The van der Waals surface area contributed by atoms with Gasteiger partial charge >= 0.3 is 0 Å². The third kappa shape index (κ3) is 3.62. The molecule has 0 fully saturated rings. The van der Waals surface area contributed by atoms with Gasteiger partial charge in [0.05, 0.1) is 5.69 Å². The molecule has 0 spiro atoms. The van der Waals surface area contributed by atoms with E-state index in [-0.39, 0.29) is 5.82 Å². The minimum Gasteiger partial charge on any atom is -0.360 e. The van der Waals surface area contributed by atoms with E-state index in [4.69, 9.17) is 0 Å². The number of rotatable bonds is 4. The Morgan fingerprint density at radius 3 is 2.57 bits per heavy atom. The molecule has 3 aromatic rings. The monoisotopic (exact) mass is 321 g/mol. The van der Waals surface area contributed by atoms with E-state index in [2.05, 4.69) is 16.4 Å². The molecule has 0 saturated heterocycles. The van der Waals surface area contributed by atoms with E-state index in [1.165, 1.54) is 23.5 Å². The van der Waals surface area contributed by atoms with Crippen LogP contribution in [-0.4, -0.2) is 4.98 Å². The summed E-state index contributed by atoms with van der Waals surface area (Å²) in [6.07, 6.45) is 1.58. The first-order chi connectivity index (χ1) is 11.3. The van der Waals surface area contributed by atoms with Crippen molar-refractivity contribution in [1.82, 2.24) is 4.98 Å². The lowest BCUT2D eigenvalue weighted by molar-refractivity contribution is 0.628. The molecule has 1 N–H and O–H groups in total. The van der Waals surface area contributed by atoms with Gasteiger partial charge in [-0.3, -0.25) is 0 Å². The van der Waals surface area contributed by atoms with Crippen molar-refractivity contribution in [3.8, 4) is 17.3 Å².